The Bertz CT molecular complexity index is 664. The van der Waals surface area contributed by atoms with Crippen molar-refractivity contribution in [2.24, 2.45) is 7.05 Å². The summed E-state index contributed by atoms with van der Waals surface area (Å²) < 4.78 is 3.80. The zero-order valence-corrected chi connectivity index (χ0v) is 9.75. The number of nitrogens with zero attached hydrogens (tertiary/aromatic N) is 4. The SMILES string of the molecule is Cc1nn(C)cc1Nc1cccc2nccn12. The van der Waals surface area contributed by atoms with Crippen LogP contribution in [-0.4, -0.2) is 19.2 Å². The van der Waals surface area contributed by atoms with E-state index in [1.807, 2.05) is 49.0 Å². The first kappa shape index (κ1) is 9.89. The lowest BCUT2D eigenvalue weighted by Crippen LogP contribution is -1.97. The average molecular weight is 227 g/mol. The fourth-order valence-corrected chi connectivity index (χ4v) is 1.91. The predicted octanol–water partition coefficient (Wildman–Crippen LogP) is 2.12. The molecule has 86 valence electrons. The molecular formula is C12H13N5. The number of aryl methyl sites for hydroxylation is 2. The first-order valence-electron chi connectivity index (χ1n) is 5.43. The highest BCUT2D eigenvalue weighted by molar-refractivity contribution is 5.61. The predicted molar refractivity (Wildman–Crippen MR) is 66.4 cm³/mol. The summed E-state index contributed by atoms with van der Waals surface area (Å²) in [5.74, 6) is 0.983. The van der Waals surface area contributed by atoms with Crippen molar-refractivity contribution in [1.82, 2.24) is 19.2 Å². The van der Waals surface area contributed by atoms with Crippen LogP contribution in [0.5, 0.6) is 0 Å². The Balaban J connectivity index is 2.05. The molecule has 0 unspecified atom stereocenters. The number of hydrogen-bond donors (Lipinski definition) is 1. The number of fused-ring (bicyclic) bond motifs is 1. The number of aromatic nitrogens is 4. The van der Waals surface area contributed by atoms with E-state index in [0.717, 1.165) is 22.8 Å². The van der Waals surface area contributed by atoms with E-state index in [1.165, 1.54) is 0 Å². The summed E-state index contributed by atoms with van der Waals surface area (Å²) in [7, 11) is 1.91. The van der Waals surface area contributed by atoms with Crippen molar-refractivity contribution in [3.8, 4) is 0 Å². The second kappa shape index (κ2) is 3.62. The molecule has 0 aliphatic rings. The van der Waals surface area contributed by atoms with E-state index < -0.39 is 0 Å². The first-order valence-corrected chi connectivity index (χ1v) is 5.43. The van der Waals surface area contributed by atoms with Gasteiger partial charge in [0, 0.05) is 25.6 Å². The highest BCUT2D eigenvalue weighted by atomic mass is 15.3. The van der Waals surface area contributed by atoms with Gasteiger partial charge in [-0.2, -0.15) is 5.10 Å². The summed E-state index contributed by atoms with van der Waals surface area (Å²) in [6.07, 6.45) is 5.69. The van der Waals surface area contributed by atoms with Crippen molar-refractivity contribution >= 4 is 17.2 Å². The lowest BCUT2D eigenvalue weighted by atomic mass is 10.4. The Hall–Kier alpha value is -2.30. The number of hydrogen-bond acceptors (Lipinski definition) is 3. The zero-order chi connectivity index (χ0) is 11.8. The van der Waals surface area contributed by atoms with E-state index in [1.54, 1.807) is 10.9 Å². The van der Waals surface area contributed by atoms with Crippen LogP contribution in [-0.2, 0) is 7.05 Å². The number of imidazole rings is 1. The molecule has 0 aromatic carbocycles. The highest BCUT2D eigenvalue weighted by Crippen LogP contribution is 2.19. The fraction of sp³-hybridized carbons (Fsp3) is 0.167. The van der Waals surface area contributed by atoms with Gasteiger partial charge < -0.3 is 5.32 Å². The fourth-order valence-electron chi connectivity index (χ4n) is 1.91. The molecule has 3 rings (SSSR count). The van der Waals surface area contributed by atoms with Gasteiger partial charge in [-0.05, 0) is 19.1 Å². The average Bonchev–Trinajstić information content (AvgIpc) is 2.87. The first-order chi connectivity index (χ1) is 8.24. The van der Waals surface area contributed by atoms with E-state index >= 15 is 0 Å². The van der Waals surface area contributed by atoms with Crippen LogP contribution in [0.25, 0.3) is 5.65 Å². The molecule has 3 aromatic heterocycles. The Labute approximate surface area is 98.7 Å². The maximum absolute atomic E-state index is 4.30. The second-order valence-electron chi connectivity index (χ2n) is 3.99. The van der Waals surface area contributed by atoms with Gasteiger partial charge in [-0.25, -0.2) is 4.98 Å². The van der Waals surface area contributed by atoms with Gasteiger partial charge in [0.2, 0.25) is 0 Å². The van der Waals surface area contributed by atoms with Crippen LogP contribution in [0.2, 0.25) is 0 Å². The Morgan fingerprint density at radius 3 is 2.94 bits per heavy atom. The molecule has 5 heteroatoms. The molecule has 17 heavy (non-hydrogen) atoms. The van der Waals surface area contributed by atoms with Gasteiger partial charge in [0.05, 0.1) is 11.4 Å². The van der Waals surface area contributed by atoms with Crippen molar-refractivity contribution in [1.29, 1.82) is 0 Å². The summed E-state index contributed by atoms with van der Waals surface area (Å²) in [4.78, 5) is 4.25. The van der Waals surface area contributed by atoms with Crippen LogP contribution in [0.1, 0.15) is 5.69 Å². The molecular weight excluding hydrogens is 214 g/mol. The van der Waals surface area contributed by atoms with Crippen molar-refractivity contribution in [3.63, 3.8) is 0 Å². The van der Waals surface area contributed by atoms with Crippen LogP contribution < -0.4 is 5.32 Å². The minimum absolute atomic E-state index is 0.927. The van der Waals surface area contributed by atoms with Crippen LogP contribution in [0, 0.1) is 6.92 Å². The third-order valence-corrected chi connectivity index (χ3v) is 2.70. The molecule has 0 bridgehead atoms. The van der Waals surface area contributed by atoms with Crippen molar-refractivity contribution in [2.45, 2.75) is 6.92 Å². The Morgan fingerprint density at radius 1 is 1.29 bits per heavy atom. The minimum Gasteiger partial charge on any atom is -0.339 e. The molecule has 3 aromatic rings. The standard InChI is InChI=1S/C12H13N5/c1-9-10(8-16(2)15-9)14-12-5-3-4-11-13-6-7-17(11)12/h3-8,14H,1-2H3. The van der Waals surface area contributed by atoms with Gasteiger partial charge in [-0.3, -0.25) is 9.08 Å². The highest BCUT2D eigenvalue weighted by Gasteiger charge is 2.05. The van der Waals surface area contributed by atoms with Crippen LogP contribution >= 0.6 is 0 Å². The van der Waals surface area contributed by atoms with E-state index in [4.69, 9.17) is 0 Å². The monoisotopic (exact) mass is 227 g/mol. The molecule has 0 radical (unpaired) electrons. The second-order valence-corrected chi connectivity index (χ2v) is 3.99. The van der Waals surface area contributed by atoms with Gasteiger partial charge in [0.15, 0.2) is 0 Å². The maximum Gasteiger partial charge on any atom is 0.138 e. The number of rotatable bonds is 2. The van der Waals surface area contributed by atoms with E-state index in [9.17, 15) is 0 Å². The van der Waals surface area contributed by atoms with Crippen molar-refractivity contribution in [3.05, 3.63) is 42.5 Å². The van der Waals surface area contributed by atoms with Gasteiger partial charge in [0.25, 0.3) is 0 Å². The molecule has 0 aliphatic heterocycles. The molecule has 3 heterocycles. The molecule has 0 saturated carbocycles. The molecule has 0 aliphatic carbocycles. The third-order valence-electron chi connectivity index (χ3n) is 2.70. The quantitative estimate of drug-likeness (QED) is 0.729. The van der Waals surface area contributed by atoms with Crippen LogP contribution in [0.4, 0.5) is 11.5 Å². The minimum atomic E-state index is 0.927. The maximum atomic E-state index is 4.30. The summed E-state index contributed by atoms with van der Waals surface area (Å²) >= 11 is 0. The van der Waals surface area contributed by atoms with Gasteiger partial charge in [-0.15, -0.1) is 0 Å². The summed E-state index contributed by atoms with van der Waals surface area (Å²) in [5, 5.41) is 7.67. The molecule has 0 atom stereocenters. The molecule has 0 spiro atoms. The molecule has 0 amide bonds. The van der Waals surface area contributed by atoms with Gasteiger partial charge >= 0.3 is 0 Å². The van der Waals surface area contributed by atoms with E-state index in [0.29, 0.717) is 0 Å². The Morgan fingerprint density at radius 2 is 2.18 bits per heavy atom. The van der Waals surface area contributed by atoms with E-state index in [-0.39, 0.29) is 0 Å². The molecule has 5 nitrogen and oxygen atoms in total. The topological polar surface area (TPSA) is 47.2 Å². The normalized spacial score (nSPS) is 10.9. The molecule has 1 N–H and O–H groups in total. The molecule has 0 fully saturated rings. The largest absolute Gasteiger partial charge is 0.339 e. The zero-order valence-electron chi connectivity index (χ0n) is 9.75. The Kier molecular flexibility index (Phi) is 2.11. The number of anilines is 2. The van der Waals surface area contributed by atoms with Crippen molar-refractivity contribution < 1.29 is 0 Å². The lowest BCUT2D eigenvalue weighted by molar-refractivity contribution is 0.756. The summed E-state index contributed by atoms with van der Waals surface area (Å²) in [6.45, 7) is 1.98. The number of pyridine rings is 1. The van der Waals surface area contributed by atoms with Crippen LogP contribution in [0.15, 0.2) is 36.8 Å². The lowest BCUT2D eigenvalue weighted by Gasteiger charge is -2.07. The van der Waals surface area contributed by atoms with Crippen molar-refractivity contribution in [2.75, 3.05) is 5.32 Å². The van der Waals surface area contributed by atoms with Gasteiger partial charge in [-0.1, -0.05) is 6.07 Å². The number of nitrogens with one attached hydrogen (secondary N) is 1. The van der Waals surface area contributed by atoms with E-state index in [2.05, 4.69) is 15.4 Å². The van der Waals surface area contributed by atoms with Gasteiger partial charge in [0.1, 0.15) is 11.5 Å². The smallest absolute Gasteiger partial charge is 0.138 e. The van der Waals surface area contributed by atoms with Crippen LogP contribution in [0.3, 0.4) is 0 Å². The summed E-state index contributed by atoms with van der Waals surface area (Å²) in [6, 6.07) is 5.97. The molecule has 0 saturated heterocycles. The third kappa shape index (κ3) is 1.65. The summed E-state index contributed by atoms with van der Waals surface area (Å²) in [5.41, 5.74) is 2.91.